The van der Waals surface area contributed by atoms with Crippen LogP contribution in [0.25, 0.3) is 0 Å². The van der Waals surface area contributed by atoms with Gasteiger partial charge in [-0.3, -0.25) is 0 Å². The second kappa shape index (κ2) is 3.06. The summed E-state index contributed by atoms with van der Waals surface area (Å²) in [5.41, 5.74) is 0. The summed E-state index contributed by atoms with van der Waals surface area (Å²) in [5, 5.41) is 18.4. The van der Waals surface area contributed by atoms with Gasteiger partial charge in [-0.05, 0) is 43.9 Å². The van der Waals surface area contributed by atoms with Crippen molar-refractivity contribution in [3.8, 4) is 6.07 Å². The molecule has 1 N–H and O–H groups in total. The first-order valence-corrected chi connectivity index (χ1v) is 4.89. The van der Waals surface area contributed by atoms with E-state index in [0.29, 0.717) is 0 Å². The first-order valence-electron chi connectivity index (χ1n) is 4.89. The van der Waals surface area contributed by atoms with Crippen LogP contribution < -0.4 is 0 Å². The molecule has 0 aromatic heterocycles. The molecule has 0 amide bonds. The number of rotatable bonds is 0. The van der Waals surface area contributed by atoms with Crippen molar-refractivity contribution in [2.45, 2.75) is 38.2 Å². The van der Waals surface area contributed by atoms with E-state index in [1.54, 1.807) is 0 Å². The molecule has 0 unspecified atom stereocenters. The molecule has 0 bridgehead atoms. The smallest absolute Gasteiger partial charge is 0.0722 e. The van der Waals surface area contributed by atoms with Crippen LogP contribution >= 0.6 is 0 Å². The molecule has 0 radical (unpaired) electrons. The monoisotopic (exact) mass is 165 g/mol. The maximum atomic E-state index is 9.59. The van der Waals surface area contributed by atoms with Crippen molar-refractivity contribution in [2.75, 3.05) is 0 Å². The van der Waals surface area contributed by atoms with Crippen LogP contribution in [-0.2, 0) is 0 Å². The summed E-state index contributed by atoms with van der Waals surface area (Å²) < 4.78 is 0. The first-order chi connectivity index (χ1) is 5.81. The molecule has 2 rings (SSSR count). The maximum absolute atomic E-state index is 9.59. The highest BCUT2D eigenvalue weighted by atomic mass is 16.3. The Hall–Kier alpha value is -0.550. The lowest BCUT2D eigenvalue weighted by molar-refractivity contribution is 0.108. The van der Waals surface area contributed by atoms with Crippen LogP contribution in [0.15, 0.2) is 0 Å². The van der Waals surface area contributed by atoms with E-state index in [1.807, 2.05) is 0 Å². The van der Waals surface area contributed by atoms with E-state index in [0.717, 1.165) is 31.1 Å². The van der Waals surface area contributed by atoms with Gasteiger partial charge in [0.05, 0.1) is 18.1 Å². The van der Waals surface area contributed by atoms with Crippen molar-refractivity contribution in [3.63, 3.8) is 0 Å². The van der Waals surface area contributed by atoms with E-state index >= 15 is 0 Å². The van der Waals surface area contributed by atoms with Gasteiger partial charge in [0.2, 0.25) is 0 Å². The Balaban J connectivity index is 1.94. The molecule has 2 aliphatic carbocycles. The predicted molar refractivity (Wildman–Crippen MR) is 45.2 cm³/mol. The molecule has 0 saturated heterocycles. The summed E-state index contributed by atoms with van der Waals surface area (Å²) in [4.78, 5) is 0. The quantitative estimate of drug-likeness (QED) is 0.593. The van der Waals surface area contributed by atoms with Crippen molar-refractivity contribution in [2.24, 2.45) is 17.8 Å². The fourth-order valence-corrected chi connectivity index (χ4v) is 2.34. The summed E-state index contributed by atoms with van der Waals surface area (Å²) in [5.74, 6) is 1.69. The van der Waals surface area contributed by atoms with Gasteiger partial charge in [0, 0.05) is 0 Å². The van der Waals surface area contributed by atoms with Crippen molar-refractivity contribution in [1.29, 1.82) is 5.26 Å². The Morgan fingerprint density at radius 3 is 2.42 bits per heavy atom. The Labute approximate surface area is 73.2 Å². The van der Waals surface area contributed by atoms with Crippen LogP contribution in [0.5, 0.6) is 0 Å². The molecular formula is C10H15NO. The molecule has 0 aromatic rings. The highest BCUT2D eigenvalue weighted by molar-refractivity contribution is 4.95. The number of fused-ring (bicyclic) bond motifs is 1. The molecule has 2 nitrogen and oxygen atoms in total. The van der Waals surface area contributed by atoms with Crippen LogP contribution in [0.2, 0.25) is 0 Å². The molecule has 66 valence electrons. The van der Waals surface area contributed by atoms with Crippen LogP contribution in [0.3, 0.4) is 0 Å². The maximum Gasteiger partial charge on any atom is 0.0722 e. The Bertz CT molecular complexity index is 208. The molecule has 12 heavy (non-hydrogen) atoms. The molecule has 0 spiro atoms. The minimum absolute atomic E-state index is 0.0912. The molecule has 0 heterocycles. The lowest BCUT2D eigenvalue weighted by Crippen LogP contribution is -2.20. The Kier molecular flexibility index (Phi) is 2.06. The number of nitriles is 1. The van der Waals surface area contributed by atoms with Gasteiger partial charge in [-0.1, -0.05) is 0 Å². The molecule has 0 aromatic carbocycles. The summed E-state index contributed by atoms with van der Waals surface area (Å²) in [6, 6.07) is 2.21. The second-order valence-electron chi connectivity index (χ2n) is 4.21. The van der Waals surface area contributed by atoms with Gasteiger partial charge in [-0.2, -0.15) is 5.26 Å². The molecule has 2 fully saturated rings. The van der Waals surface area contributed by atoms with E-state index in [-0.39, 0.29) is 12.0 Å². The van der Waals surface area contributed by atoms with Crippen molar-refractivity contribution < 1.29 is 5.11 Å². The van der Waals surface area contributed by atoms with Crippen LogP contribution in [0.4, 0.5) is 0 Å². The third-order valence-electron chi connectivity index (χ3n) is 3.38. The van der Waals surface area contributed by atoms with E-state index in [2.05, 4.69) is 6.07 Å². The Morgan fingerprint density at radius 2 is 1.75 bits per heavy atom. The highest BCUT2D eigenvalue weighted by Gasteiger charge is 2.39. The number of hydrogen-bond acceptors (Lipinski definition) is 2. The van der Waals surface area contributed by atoms with Crippen molar-refractivity contribution in [1.82, 2.24) is 0 Å². The lowest BCUT2D eigenvalue weighted by atomic mass is 9.90. The topological polar surface area (TPSA) is 44.0 Å². The summed E-state index contributed by atoms with van der Waals surface area (Å²) in [6.45, 7) is 0. The zero-order valence-electron chi connectivity index (χ0n) is 7.24. The van der Waals surface area contributed by atoms with Gasteiger partial charge in [-0.25, -0.2) is 0 Å². The molecule has 4 atom stereocenters. The van der Waals surface area contributed by atoms with Crippen molar-refractivity contribution >= 4 is 0 Å². The van der Waals surface area contributed by atoms with Gasteiger partial charge in [0.25, 0.3) is 0 Å². The standard InChI is InChI=1S/C10H15NO/c11-6-9-2-1-7-5-8(7)3-4-10(9)12/h7-10,12H,1-5H2/t7-,8-,9+,10+/m1/s1. The van der Waals surface area contributed by atoms with E-state index in [9.17, 15) is 5.11 Å². The third kappa shape index (κ3) is 1.47. The second-order valence-corrected chi connectivity index (χ2v) is 4.21. The number of nitrogens with zero attached hydrogens (tertiary/aromatic N) is 1. The summed E-state index contributed by atoms with van der Waals surface area (Å²) >= 11 is 0. The summed E-state index contributed by atoms with van der Waals surface area (Å²) in [7, 11) is 0. The summed E-state index contributed by atoms with van der Waals surface area (Å²) in [6.07, 6.45) is 5.07. The third-order valence-corrected chi connectivity index (χ3v) is 3.38. The largest absolute Gasteiger partial charge is 0.392 e. The van der Waals surface area contributed by atoms with Crippen molar-refractivity contribution in [3.05, 3.63) is 0 Å². The average Bonchev–Trinajstić information content (AvgIpc) is 2.78. The molecule has 2 aliphatic rings. The van der Waals surface area contributed by atoms with Crippen LogP contribution in [0, 0.1) is 29.1 Å². The zero-order valence-corrected chi connectivity index (χ0v) is 7.24. The van der Waals surface area contributed by atoms with E-state index in [1.165, 1.54) is 12.8 Å². The number of hydrogen-bond donors (Lipinski definition) is 1. The molecule has 2 heteroatoms. The lowest BCUT2D eigenvalue weighted by Gasteiger charge is -2.18. The fourth-order valence-electron chi connectivity index (χ4n) is 2.34. The van der Waals surface area contributed by atoms with Gasteiger partial charge in [0.1, 0.15) is 0 Å². The highest BCUT2D eigenvalue weighted by Crippen LogP contribution is 2.47. The number of aliphatic hydroxyl groups is 1. The van der Waals surface area contributed by atoms with Gasteiger partial charge in [-0.15, -0.1) is 0 Å². The van der Waals surface area contributed by atoms with E-state index in [4.69, 9.17) is 5.26 Å². The van der Waals surface area contributed by atoms with Crippen LogP contribution in [0.1, 0.15) is 32.1 Å². The SMILES string of the molecule is N#C[C@@H]1CC[C@@H]2C[C@H]2CC[C@@H]1O. The molecule has 0 aliphatic heterocycles. The number of aliphatic hydroxyl groups excluding tert-OH is 1. The normalized spacial score (nSPS) is 46.7. The molecule has 2 saturated carbocycles. The van der Waals surface area contributed by atoms with Gasteiger partial charge >= 0.3 is 0 Å². The first kappa shape index (κ1) is 8.07. The van der Waals surface area contributed by atoms with Crippen LogP contribution in [-0.4, -0.2) is 11.2 Å². The zero-order chi connectivity index (χ0) is 8.55. The van der Waals surface area contributed by atoms with Gasteiger partial charge in [0.15, 0.2) is 0 Å². The fraction of sp³-hybridized carbons (Fsp3) is 0.900. The van der Waals surface area contributed by atoms with E-state index < -0.39 is 0 Å². The predicted octanol–water partition coefficient (Wildman–Crippen LogP) is 1.70. The molecular weight excluding hydrogens is 150 g/mol. The van der Waals surface area contributed by atoms with Gasteiger partial charge < -0.3 is 5.11 Å². The Morgan fingerprint density at radius 1 is 1.08 bits per heavy atom. The minimum atomic E-state index is -0.350. The minimum Gasteiger partial charge on any atom is -0.392 e. The average molecular weight is 165 g/mol.